The molecule has 0 bridgehead atoms. The van der Waals surface area contributed by atoms with E-state index < -0.39 is 5.97 Å². The molecule has 0 saturated carbocycles. The van der Waals surface area contributed by atoms with E-state index in [2.05, 4.69) is 10.3 Å². The lowest BCUT2D eigenvalue weighted by atomic mass is 10.1. The molecule has 0 atom stereocenters. The number of rotatable bonds is 8. The second kappa shape index (κ2) is 8.49. The van der Waals surface area contributed by atoms with Gasteiger partial charge in [-0.25, -0.2) is 4.98 Å². The van der Waals surface area contributed by atoms with Crippen molar-refractivity contribution in [3.05, 3.63) is 40.4 Å². The van der Waals surface area contributed by atoms with E-state index in [9.17, 15) is 14.4 Å². The maximum atomic E-state index is 12.4. The number of aromatic nitrogens is 2. The number of thioether (sulfide) groups is 1. The van der Waals surface area contributed by atoms with Gasteiger partial charge in [-0.05, 0) is 18.6 Å². The Morgan fingerprint density at radius 2 is 2.17 bits per heavy atom. The van der Waals surface area contributed by atoms with Gasteiger partial charge in [0, 0.05) is 25.3 Å². The van der Waals surface area contributed by atoms with Crippen molar-refractivity contribution in [3.63, 3.8) is 0 Å². The number of amides is 1. The minimum atomic E-state index is -0.871. The molecular weight excluding hydrogens is 330 g/mol. The molecule has 1 aromatic heterocycles. The van der Waals surface area contributed by atoms with Crippen LogP contribution in [-0.4, -0.2) is 44.6 Å². The summed E-state index contributed by atoms with van der Waals surface area (Å²) in [4.78, 5) is 38.8. The molecule has 2 aromatic rings. The standard InChI is InChI=1S/C16H19N3O4S/c1-11-3-2-4-12-15(11)18-10-19(16(12)23)7-5-13(20)17-6-8-24-9-14(21)22/h2-4,10H,5-9H2,1H3,(H,17,20)(H,21,22). The van der Waals surface area contributed by atoms with Gasteiger partial charge in [-0.2, -0.15) is 0 Å². The number of carbonyl (C=O) groups excluding carboxylic acids is 1. The fraction of sp³-hybridized carbons (Fsp3) is 0.375. The second-order valence-corrected chi connectivity index (χ2v) is 6.37. The van der Waals surface area contributed by atoms with Gasteiger partial charge >= 0.3 is 5.97 Å². The highest BCUT2D eigenvalue weighted by Crippen LogP contribution is 2.11. The van der Waals surface area contributed by atoms with E-state index >= 15 is 0 Å². The van der Waals surface area contributed by atoms with E-state index in [1.54, 1.807) is 6.07 Å². The summed E-state index contributed by atoms with van der Waals surface area (Å²) in [5, 5.41) is 11.8. The molecule has 0 spiro atoms. The summed E-state index contributed by atoms with van der Waals surface area (Å²) in [5.74, 6) is -0.491. The highest BCUT2D eigenvalue weighted by Gasteiger charge is 2.07. The van der Waals surface area contributed by atoms with E-state index in [0.717, 1.165) is 5.56 Å². The predicted octanol–water partition coefficient (Wildman–Crippen LogP) is 1.03. The highest BCUT2D eigenvalue weighted by atomic mass is 32.2. The monoisotopic (exact) mass is 349 g/mol. The van der Waals surface area contributed by atoms with Crippen molar-refractivity contribution < 1.29 is 14.7 Å². The molecule has 0 fully saturated rings. The maximum absolute atomic E-state index is 12.4. The fourth-order valence-corrected chi connectivity index (χ4v) is 2.79. The summed E-state index contributed by atoms with van der Waals surface area (Å²) in [6.45, 7) is 2.56. The van der Waals surface area contributed by atoms with Crippen LogP contribution in [0.1, 0.15) is 12.0 Å². The Labute approximate surface area is 143 Å². The Balaban J connectivity index is 1.87. The average Bonchev–Trinajstić information content (AvgIpc) is 2.54. The van der Waals surface area contributed by atoms with E-state index in [1.165, 1.54) is 22.7 Å². The number of hydrogen-bond donors (Lipinski definition) is 2. The van der Waals surface area contributed by atoms with Crippen LogP contribution in [0.5, 0.6) is 0 Å². The van der Waals surface area contributed by atoms with Crippen LogP contribution in [0.15, 0.2) is 29.3 Å². The lowest BCUT2D eigenvalue weighted by Gasteiger charge is -2.08. The molecule has 0 saturated heterocycles. The number of aliphatic carboxylic acids is 1. The van der Waals surface area contributed by atoms with Gasteiger partial charge in [-0.15, -0.1) is 11.8 Å². The number of nitrogens with one attached hydrogen (secondary N) is 1. The Bertz CT molecular complexity index is 803. The van der Waals surface area contributed by atoms with Crippen molar-refractivity contribution in [2.45, 2.75) is 19.9 Å². The average molecular weight is 349 g/mol. The largest absolute Gasteiger partial charge is 0.481 e. The summed E-state index contributed by atoms with van der Waals surface area (Å²) in [5.41, 5.74) is 1.46. The Hall–Kier alpha value is -2.35. The van der Waals surface area contributed by atoms with Gasteiger partial charge in [0.15, 0.2) is 0 Å². The zero-order valence-electron chi connectivity index (χ0n) is 13.3. The molecule has 0 aliphatic carbocycles. The lowest BCUT2D eigenvalue weighted by Crippen LogP contribution is -2.29. The minimum Gasteiger partial charge on any atom is -0.481 e. The maximum Gasteiger partial charge on any atom is 0.313 e. The number of fused-ring (bicyclic) bond motifs is 1. The molecule has 2 N–H and O–H groups in total. The van der Waals surface area contributed by atoms with Gasteiger partial charge in [0.05, 0.1) is 23.0 Å². The van der Waals surface area contributed by atoms with Gasteiger partial charge < -0.3 is 10.4 Å². The Morgan fingerprint density at radius 3 is 2.92 bits per heavy atom. The molecule has 8 heteroatoms. The van der Waals surface area contributed by atoms with E-state index in [-0.39, 0.29) is 30.2 Å². The first kappa shape index (κ1) is 18.0. The normalized spacial score (nSPS) is 10.7. The number of hydrogen-bond acceptors (Lipinski definition) is 5. The topological polar surface area (TPSA) is 101 Å². The summed E-state index contributed by atoms with van der Waals surface area (Å²) in [6.07, 6.45) is 1.64. The number of carboxylic acids is 1. The predicted molar refractivity (Wildman–Crippen MR) is 93.3 cm³/mol. The van der Waals surface area contributed by atoms with E-state index in [1.807, 2.05) is 19.1 Å². The summed E-state index contributed by atoms with van der Waals surface area (Å²) < 4.78 is 1.43. The molecule has 7 nitrogen and oxygen atoms in total. The van der Waals surface area contributed by atoms with E-state index in [4.69, 9.17) is 5.11 Å². The van der Waals surface area contributed by atoms with Crippen molar-refractivity contribution in [2.24, 2.45) is 0 Å². The van der Waals surface area contributed by atoms with Crippen LogP contribution in [-0.2, 0) is 16.1 Å². The van der Waals surface area contributed by atoms with Crippen LogP contribution in [0, 0.1) is 6.92 Å². The molecule has 2 rings (SSSR count). The van der Waals surface area contributed by atoms with Crippen LogP contribution in [0.2, 0.25) is 0 Å². The lowest BCUT2D eigenvalue weighted by molar-refractivity contribution is -0.133. The third kappa shape index (κ3) is 4.82. The number of para-hydroxylation sites is 1. The Kier molecular flexibility index (Phi) is 6.36. The van der Waals surface area contributed by atoms with Gasteiger partial charge in [0.25, 0.3) is 5.56 Å². The number of nitrogens with zero attached hydrogens (tertiary/aromatic N) is 2. The molecule has 0 radical (unpaired) electrons. The smallest absolute Gasteiger partial charge is 0.313 e. The molecular formula is C16H19N3O4S. The molecule has 24 heavy (non-hydrogen) atoms. The van der Waals surface area contributed by atoms with Crippen LogP contribution >= 0.6 is 11.8 Å². The number of carbonyl (C=O) groups is 2. The van der Waals surface area contributed by atoms with Crippen molar-refractivity contribution in [2.75, 3.05) is 18.1 Å². The summed E-state index contributed by atoms with van der Waals surface area (Å²) in [7, 11) is 0. The van der Waals surface area contributed by atoms with Crippen molar-refractivity contribution in [1.82, 2.24) is 14.9 Å². The molecule has 128 valence electrons. The zero-order chi connectivity index (χ0) is 17.5. The fourth-order valence-electron chi connectivity index (χ4n) is 2.23. The minimum absolute atomic E-state index is 0.0213. The van der Waals surface area contributed by atoms with Crippen LogP contribution in [0.25, 0.3) is 10.9 Å². The number of aryl methyl sites for hydroxylation is 2. The van der Waals surface area contributed by atoms with Crippen LogP contribution in [0.3, 0.4) is 0 Å². The SMILES string of the molecule is Cc1cccc2c(=O)n(CCC(=O)NCCSCC(=O)O)cnc12. The number of carboxylic acid groups (broad SMARTS) is 1. The van der Waals surface area contributed by atoms with Crippen molar-refractivity contribution in [3.8, 4) is 0 Å². The molecule has 0 unspecified atom stereocenters. The van der Waals surface area contributed by atoms with E-state index in [0.29, 0.717) is 23.2 Å². The zero-order valence-corrected chi connectivity index (χ0v) is 14.1. The van der Waals surface area contributed by atoms with Crippen LogP contribution < -0.4 is 10.9 Å². The molecule has 1 heterocycles. The third-order valence-corrected chi connectivity index (χ3v) is 4.37. The van der Waals surface area contributed by atoms with Crippen molar-refractivity contribution >= 4 is 34.5 Å². The molecule has 0 aliphatic rings. The summed E-state index contributed by atoms with van der Waals surface area (Å²) in [6, 6.07) is 5.44. The van der Waals surface area contributed by atoms with Crippen molar-refractivity contribution in [1.29, 1.82) is 0 Å². The first-order chi connectivity index (χ1) is 11.5. The first-order valence-electron chi connectivity index (χ1n) is 7.50. The quantitative estimate of drug-likeness (QED) is 0.690. The van der Waals surface area contributed by atoms with Gasteiger partial charge in [-0.1, -0.05) is 12.1 Å². The molecule has 1 amide bonds. The number of benzene rings is 1. The summed E-state index contributed by atoms with van der Waals surface area (Å²) >= 11 is 1.24. The molecule has 0 aliphatic heterocycles. The Morgan fingerprint density at radius 1 is 1.38 bits per heavy atom. The van der Waals surface area contributed by atoms with Gasteiger partial charge in [-0.3, -0.25) is 19.0 Å². The highest BCUT2D eigenvalue weighted by molar-refractivity contribution is 7.99. The van der Waals surface area contributed by atoms with Crippen LogP contribution in [0.4, 0.5) is 0 Å². The third-order valence-electron chi connectivity index (χ3n) is 3.43. The van der Waals surface area contributed by atoms with Gasteiger partial charge in [0.1, 0.15) is 0 Å². The molecule has 1 aromatic carbocycles. The second-order valence-electron chi connectivity index (χ2n) is 5.26. The van der Waals surface area contributed by atoms with Gasteiger partial charge in [0.2, 0.25) is 5.91 Å². The first-order valence-corrected chi connectivity index (χ1v) is 8.65.